The average molecular weight is 503 g/mol. The van der Waals surface area contributed by atoms with Gasteiger partial charge in [-0.25, -0.2) is 4.39 Å². The summed E-state index contributed by atoms with van der Waals surface area (Å²) in [6.07, 6.45) is -1.06. The molecule has 0 radical (unpaired) electrons. The van der Waals surface area contributed by atoms with E-state index in [1.54, 1.807) is 25.1 Å². The van der Waals surface area contributed by atoms with E-state index in [2.05, 4.69) is 0 Å². The van der Waals surface area contributed by atoms with Gasteiger partial charge in [-0.2, -0.15) is 4.39 Å². The van der Waals surface area contributed by atoms with E-state index < -0.39 is 41.7 Å². The van der Waals surface area contributed by atoms with Gasteiger partial charge < -0.3 is 29.9 Å². The van der Waals surface area contributed by atoms with Crippen molar-refractivity contribution in [2.45, 2.75) is 63.4 Å². The van der Waals surface area contributed by atoms with Gasteiger partial charge in [-0.1, -0.05) is 29.8 Å². The number of rotatable bonds is 7. The van der Waals surface area contributed by atoms with Crippen LogP contribution in [0.4, 0.5) is 8.78 Å². The third kappa shape index (κ3) is 6.05. The fraction of sp³-hybridized carbons (Fsp3) is 0.520. The predicted molar refractivity (Wildman–Crippen MR) is 125 cm³/mol. The lowest BCUT2D eigenvalue weighted by Gasteiger charge is -2.48. The number of hydrogen-bond donors (Lipinski definition) is 4. The Morgan fingerprint density at radius 3 is 2.41 bits per heavy atom. The topological polar surface area (TPSA) is 99.4 Å². The first-order valence-electron chi connectivity index (χ1n) is 11.0. The van der Waals surface area contributed by atoms with E-state index in [0.717, 1.165) is 7.11 Å². The molecule has 0 saturated carbocycles. The minimum absolute atomic E-state index is 0.0355. The molecule has 34 heavy (non-hydrogen) atoms. The van der Waals surface area contributed by atoms with Crippen LogP contribution in [0.15, 0.2) is 30.3 Å². The SMILES string of the molecule is CCOc1ccc(Cc2cc(C3CC(O)C[C@@](CO)(C(C)(C)O)O3)ccc2Cl)c(F)c1F.CO. The molecule has 0 aliphatic carbocycles. The number of aliphatic hydroxyl groups is 4. The number of aliphatic hydroxyl groups excluding tert-OH is 3. The first-order chi connectivity index (χ1) is 16.0. The third-order valence-electron chi connectivity index (χ3n) is 6.04. The van der Waals surface area contributed by atoms with Gasteiger partial charge in [0.05, 0.1) is 31.0 Å². The molecule has 1 heterocycles. The Hall–Kier alpha value is -1.81. The van der Waals surface area contributed by atoms with Gasteiger partial charge in [0, 0.05) is 31.4 Å². The van der Waals surface area contributed by atoms with Crippen LogP contribution in [-0.2, 0) is 11.2 Å². The van der Waals surface area contributed by atoms with Gasteiger partial charge in [0.2, 0.25) is 5.82 Å². The lowest BCUT2D eigenvalue weighted by atomic mass is 9.77. The second kappa shape index (κ2) is 11.7. The zero-order valence-electron chi connectivity index (χ0n) is 19.8. The highest BCUT2D eigenvalue weighted by molar-refractivity contribution is 6.31. The van der Waals surface area contributed by atoms with E-state index >= 15 is 0 Å². The third-order valence-corrected chi connectivity index (χ3v) is 6.41. The lowest BCUT2D eigenvalue weighted by molar-refractivity contribution is -0.251. The molecule has 2 unspecified atom stereocenters. The van der Waals surface area contributed by atoms with Gasteiger partial charge in [0.25, 0.3) is 0 Å². The lowest BCUT2D eigenvalue weighted by Crippen LogP contribution is -2.59. The van der Waals surface area contributed by atoms with Crippen LogP contribution in [0.25, 0.3) is 0 Å². The number of hydrogen-bond acceptors (Lipinski definition) is 6. The molecule has 3 rings (SSSR count). The molecule has 2 aromatic carbocycles. The molecular weight excluding hydrogens is 470 g/mol. The quantitative estimate of drug-likeness (QED) is 0.458. The minimum Gasteiger partial charge on any atom is -0.491 e. The highest BCUT2D eigenvalue weighted by atomic mass is 35.5. The van der Waals surface area contributed by atoms with Crippen molar-refractivity contribution in [3.63, 3.8) is 0 Å². The van der Waals surface area contributed by atoms with Crippen LogP contribution >= 0.6 is 11.6 Å². The van der Waals surface area contributed by atoms with Crippen molar-refractivity contribution in [2.75, 3.05) is 20.3 Å². The Labute approximate surface area is 203 Å². The Balaban J connectivity index is 0.00000199. The molecule has 0 bridgehead atoms. The van der Waals surface area contributed by atoms with Crippen molar-refractivity contribution in [3.05, 3.63) is 63.7 Å². The zero-order valence-corrected chi connectivity index (χ0v) is 20.6. The predicted octanol–water partition coefficient (Wildman–Crippen LogP) is 3.93. The van der Waals surface area contributed by atoms with E-state index in [4.69, 9.17) is 26.2 Å². The molecule has 4 N–H and O–H groups in total. The van der Waals surface area contributed by atoms with Gasteiger partial charge in [-0.3, -0.25) is 0 Å². The van der Waals surface area contributed by atoms with Crippen molar-refractivity contribution in [3.8, 4) is 5.75 Å². The van der Waals surface area contributed by atoms with Crippen molar-refractivity contribution < 1.29 is 38.7 Å². The Kier molecular flexibility index (Phi) is 9.82. The molecular formula is C25H33ClF2O6. The van der Waals surface area contributed by atoms with Crippen LogP contribution in [0.2, 0.25) is 5.02 Å². The van der Waals surface area contributed by atoms with Crippen molar-refractivity contribution in [1.82, 2.24) is 0 Å². The molecule has 1 aliphatic rings. The average Bonchev–Trinajstić information content (AvgIpc) is 2.80. The van der Waals surface area contributed by atoms with Gasteiger partial charge in [-0.05, 0) is 49.6 Å². The Morgan fingerprint density at radius 1 is 1.15 bits per heavy atom. The first kappa shape index (κ1) is 28.4. The largest absolute Gasteiger partial charge is 0.491 e. The molecule has 1 aliphatic heterocycles. The highest BCUT2D eigenvalue weighted by Crippen LogP contribution is 2.43. The molecule has 9 heteroatoms. The fourth-order valence-corrected chi connectivity index (χ4v) is 4.27. The fourth-order valence-electron chi connectivity index (χ4n) is 4.08. The first-order valence-corrected chi connectivity index (χ1v) is 11.4. The summed E-state index contributed by atoms with van der Waals surface area (Å²) in [5.74, 6) is -2.19. The van der Waals surface area contributed by atoms with E-state index in [9.17, 15) is 24.1 Å². The van der Waals surface area contributed by atoms with E-state index in [-0.39, 0.29) is 37.2 Å². The maximum atomic E-state index is 14.6. The van der Waals surface area contributed by atoms with Crippen molar-refractivity contribution in [1.29, 1.82) is 0 Å². The van der Waals surface area contributed by atoms with Crippen LogP contribution in [-0.4, -0.2) is 58.1 Å². The number of ether oxygens (including phenoxy) is 2. The van der Waals surface area contributed by atoms with E-state index in [1.165, 1.54) is 26.0 Å². The molecule has 3 atom stereocenters. The van der Waals surface area contributed by atoms with Crippen LogP contribution in [0.1, 0.15) is 56.4 Å². The van der Waals surface area contributed by atoms with E-state index in [0.29, 0.717) is 16.1 Å². The summed E-state index contributed by atoms with van der Waals surface area (Å²) < 4.78 is 40.1. The molecule has 1 fully saturated rings. The summed E-state index contributed by atoms with van der Waals surface area (Å²) in [6.45, 7) is 4.48. The number of benzene rings is 2. The van der Waals surface area contributed by atoms with Gasteiger partial charge in [0.15, 0.2) is 11.6 Å². The van der Waals surface area contributed by atoms with Crippen LogP contribution < -0.4 is 4.74 Å². The van der Waals surface area contributed by atoms with Crippen molar-refractivity contribution in [2.24, 2.45) is 0 Å². The number of halogens is 3. The summed E-state index contributed by atoms with van der Waals surface area (Å²) in [5.41, 5.74) is -1.43. The van der Waals surface area contributed by atoms with Crippen molar-refractivity contribution >= 4 is 11.6 Å². The summed E-state index contributed by atoms with van der Waals surface area (Å²) in [4.78, 5) is 0. The smallest absolute Gasteiger partial charge is 0.200 e. The molecule has 0 spiro atoms. The normalized spacial score (nSPS) is 22.7. The zero-order chi connectivity index (χ0) is 25.7. The molecule has 2 aromatic rings. The van der Waals surface area contributed by atoms with E-state index in [1.807, 2.05) is 0 Å². The summed E-state index contributed by atoms with van der Waals surface area (Å²) in [6, 6.07) is 7.90. The standard InChI is InChI=1S/C24H29ClF2O5.CH4O/c1-4-31-19-8-6-15(21(26)22(19)27)10-16-9-14(5-7-18(16)25)20-11-17(29)12-24(13-28,32-20)23(2,3)30;1-2/h5-9,17,20,28-30H,4,10-13H2,1-3H3;2H,1H3/t17?,20?,24-;/m1./s1. The van der Waals surface area contributed by atoms with Gasteiger partial charge >= 0.3 is 0 Å². The van der Waals surface area contributed by atoms with Crippen LogP contribution in [0, 0.1) is 11.6 Å². The highest BCUT2D eigenvalue weighted by Gasteiger charge is 2.51. The van der Waals surface area contributed by atoms with Gasteiger partial charge in [-0.15, -0.1) is 0 Å². The molecule has 6 nitrogen and oxygen atoms in total. The summed E-state index contributed by atoms with van der Waals surface area (Å²) in [5, 5.41) is 38.4. The molecule has 0 aromatic heterocycles. The minimum atomic E-state index is -1.40. The summed E-state index contributed by atoms with van der Waals surface area (Å²) in [7, 11) is 1.00. The molecule has 0 amide bonds. The van der Waals surface area contributed by atoms with Crippen LogP contribution in [0.5, 0.6) is 5.75 Å². The summed E-state index contributed by atoms with van der Waals surface area (Å²) >= 11 is 6.33. The maximum absolute atomic E-state index is 14.6. The Morgan fingerprint density at radius 2 is 1.82 bits per heavy atom. The molecule has 1 saturated heterocycles. The second-order valence-electron chi connectivity index (χ2n) is 8.72. The van der Waals surface area contributed by atoms with Crippen LogP contribution in [0.3, 0.4) is 0 Å². The monoisotopic (exact) mass is 502 g/mol. The Bertz CT molecular complexity index is 965. The maximum Gasteiger partial charge on any atom is 0.200 e. The van der Waals surface area contributed by atoms with Gasteiger partial charge in [0.1, 0.15) is 5.60 Å². The second-order valence-corrected chi connectivity index (χ2v) is 9.13. The molecule has 190 valence electrons.